The van der Waals surface area contributed by atoms with E-state index in [0.717, 1.165) is 62.6 Å². The van der Waals surface area contributed by atoms with Crippen LogP contribution >= 0.6 is 12.4 Å². The number of hydrogen-bond donors (Lipinski definition) is 0. The van der Waals surface area contributed by atoms with Gasteiger partial charge in [0.25, 0.3) is 0 Å². The Bertz CT molecular complexity index is 1150. The molecule has 5 aliphatic rings. The second kappa shape index (κ2) is 9.04. The molecule has 0 N–H and O–H groups in total. The van der Waals surface area contributed by atoms with Gasteiger partial charge in [-0.05, 0) is 74.6 Å². The normalized spacial score (nSPS) is 31.9. The van der Waals surface area contributed by atoms with Crippen LogP contribution in [0.3, 0.4) is 0 Å². The molecule has 0 unspecified atom stereocenters. The van der Waals surface area contributed by atoms with Crippen molar-refractivity contribution >= 4 is 18.2 Å². The van der Waals surface area contributed by atoms with Crippen LogP contribution in [-0.2, 0) is 27.8 Å². The molecule has 2 aromatic carbocycles. The van der Waals surface area contributed by atoms with E-state index in [2.05, 4.69) is 41.3 Å². The molecule has 2 saturated carbocycles. The standard InChI is InChI=1S/C30H35NO4.ClH/c1-33-24-12-11-22-18-25-30(34-17-5-8-20-6-3-2-4-7-20)14-13-23(32)28-29(30,26(22)27(24)35-28)15-16-31(25)19-21-9-10-21;/h2-4,6-7,11-12,21,25,28H,5,8-10,13-19H2,1H3;1H/t25-,28+,29+,30-;/m1./s1. The summed E-state index contributed by atoms with van der Waals surface area (Å²) in [6.07, 6.45) is 7.43. The van der Waals surface area contributed by atoms with Gasteiger partial charge in [0.05, 0.1) is 18.1 Å². The van der Waals surface area contributed by atoms with Crippen LogP contribution in [0.25, 0.3) is 0 Å². The van der Waals surface area contributed by atoms with Gasteiger partial charge in [-0.1, -0.05) is 36.4 Å². The van der Waals surface area contributed by atoms with Crippen LogP contribution in [0.1, 0.15) is 55.2 Å². The highest BCUT2D eigenvalue weighted by Crippen LogP contribution is 2.66. The molecule has 36 heavy (non-hydrogen) atoms. The Kier molecular flexibility index (Phi) is 6.09. The lowest BCUT2D eigenvalue weighted by molar-refractivity contribution is -0.213. The Hall–Kier alpha value is -2.08. The molecule has 0 radical (unpaired) electrons. The highest BCUT2D eigenvalue weighted by atomic mass is 35.5. The Labute approximate surface area is 219 Å². The summed E-state index contributed by atoms with van der Waals surface area (Å²) in [6.45, 7) is 2.88. The first-order chi connectivity index (χ1) is 17.2. The van der Waals surface area contributed by atoms with Crippen molar-refractivity contribution in [3.05, 3.63) is 59.2 Å². The predicted molar refractivity (Wildman–Crippen MR) is 140 cm³/mol. The van der Waals surface area contributed by atoms with Crippen molar-refractivity contribution in [2.24, 2.45) is 5.92 Å². The van der Waals surface area contributed by atoms with Crippen molar-refractivity contribution in [3.8, 4) is 11.5 Å². The van der Waals surface area contributed by atoms with Crippen molar-refractivity contribution in [2.45, 2.75) is 74.5 Å². The summed E-state index contributed by atoms with van der Waals surface area (Å²) in [5.74, 6) is 2.61. The molecule has 7 rings (SSSR count). The first kappa shape index (κ1) is 24.3. The maximum Gasteiger partial charge on any atom is 0.174 e. The summed E-state index contributed by atoms with van der Waals surface area (Å²) in [5.41, 5.74) is 3.11. The van der Waals surface area contributed by atoms with Gasteiger partial charge in [0.2, 0.25) is 0 Å². The van der Waals surface area contributed by atoms with Gasteiger partial charge in [0, 0.05) is 31.2 Å². The zero-order valence-corrected chi connectivity index (χ0v) is 21.9. The molecule has 192 valence electrons. The second-order valence-electron chi connectivity index (χ2n) is 11.3. The average molecular weight is 510 g/mol. The molecule has 1 saturated heterocycles. The number of carbonyl (C=O) groups excluding carboxylic acids is 1. The van der Waals surface area contributed by atoms with Crippen LogP contribution in [0.15, 0.2) is 42.5 Å². The third-order valence-electron chi connectivity index (χ3n) is 9.54. The fraction of sp³-hybridized carbons (Fsp3) is 0.567. The molecule has 2 aliphatic heterocycles. The molecule has 5 nitrogen and oxygen atoms in total. The van der Waals surface area contributed by atoms with Gasteiger partial charge in [-0.3, -0.25) is 9.69 Å². The van der Waals surface area contributed by atoms with Gasteiger partial charge in [-0.2, -0.15) is 0 Å². The van der Waals surface area contributed by atoms with Crippen molar-refractivity contribution in [2.75, 3.05) is 26.8 Å². The first-order valence-electron chi connectivity index (χ1n) is 13.5. The van der Waals surface area contributed by atoms with E-state index in [-0.39, 0.29) is 23.8 Å². The lowest BCUT2D eigenvalue weighted by Gasteiger charge is -2.64. The van der Waals surface area contributed by atoms with Gasteiger partial charge in [0.1, 0.15) is 0 Å². The van der Waals surface area contributed by atoms with Gasteiger partial charge in [-0.15, -0.1) is 12.4 Å². The molecule has 2 aromatic rings. The molecule has 1 spiro atoms. The van der Waals surface area contributed by atoms with E-state index < -0.39 is 11.5 Å². The lowest BCUT2D eigenvalue weighted by Crippen LogP contribution is -2.77. The molecule has 6 heteroatoms. The number of Topliss-reactive ketones (excluding diaryl/α,β-unsaturated/α-hetero) is 1. The van der Waals surface area contributed by atoms with Crippen molar-refractivity contribution in [1.29, 1.82) is 0 Å². The number of halogens is 1. The predicted octanol–water partition coefficient (Wildman–Crippen LogP) is 4.91. The fourth-order valence-corrected chi connectivity index (χ4v) is 7.86. The van der Waals surface area contributed by atoms with Crippen LogP contribution in [0.2, 0.25) is 0 Å². The summed E-state index contributed by atoms with van der Waals surface area (Å²) in [6, 6.07) is 15.2. The average Bonchev–Trinajstić information content (AvgIpc) is 3.63. The van der Waals surface area contributed by atoms with E-state index in [1.807, 2.05) is 6.07 Å². The number of ether oxygens (including phenoxy) is 3. The van der Waals surface area contributed by atoms with Gasteiger partial charge in [-0.25, -0.2) is 0 Å². The van der Waals surface area contributed by atoms with Gasteiger partial charge in [0.15, 0.2) is 23.4 Å². The van der Waals surface area contributed by atoms with Crippen LogP contribution in [-0.4, -0.2) is 55.2 Å². The first-order valence-corrected chi connectivity index (χ1v) is 13.5. The third kappa shape index (κ3) is 3.39. The zero-order chi connectivity index (χ0) is 23.6. The summed E-state index contributed by atoms with van der Waals surface area (Å²) in [5, 5.41) is 0. The number of rotatable bonds is 8. The van der Waals surface area contributed by atoms with Crippen molar-refractivity contribution in [1.82, 2.24) is 4.90 Å². The van der Waals surface area contributed by atoms with Crippen LogP contribution in [0.5, 0.6) is 11.5 Å². The van der Waals surface area contributed by atoms with E-state index in [0.29, 0.717) is 19.1 Å². The Balaban J connectivity index is 0.00000240. The summed E-state index contributed by atoms with van der Waals surface area (Å²) in [4.78, 5) is 16.1. The zero-order valence-electron chi connectivity index (χ0n) is 21.0. The molecular weight excluding hydrogens is 474 g/mol. The highest BCUT2D eigenvalue weighted by Gasteiger charge is 2.74. The largest absolute Gasteiger partial charge is 0.493 e. The number of likely N-dealkylation sites (tertiary alicyclic amines) is 1. The van der Waals surface area contributed by atoms with Gasteiger partial charge < -0.3 is 14.2 Å². The molecule has 0 aromatic heterocycles. The molecule has 3 aliphatic carbocycles. The monoisotopic (exact) mass is 509 g/mol. The van der Waals surface area contributed by atoms with E-state index in [1.165, 1.54) is 29.5 Å². The minimum atomic E-state index is -0.457. The van der Waals surface area contributed by atoms with E-state index in [9.17, 15) is 4.79 Å². The maximum absolute atomic E-state index is 13.4. The number of nitrogens with zero attached hydrogens (tertiary/aromatic N) is 1. The second-order valence-corrected chi connectivity index (χ2v) is 11.3. The van der Waals surface area contributed by atoms with E-state index in [4.69, 9.17) is 14.2 Å². The molecule has 4 atom stereocenters. The fourth-order valence-electron chi connectivity index (χ4n) is 7.86. The number of methoxy groups -OCH3 is 1. The summed E-state index contributed by atoms with van der Waals surface area (Å²) in [7, 11) is 1.69. The van der Waals surface area contributed by atoms with E-state index in [1.54, 1.807) is 7.11 Å². The van der Waals surface area contributed by atoms with Gasteiger partial charge >= 0.3 is 0 Å². The minimum Gasteiger partial charge on any atom is -0.493 e. The lowest BCUT2D eigenvalue weighted by atomic mass is 9.48. The van der Waals surface area contributed by atoms with Crippen LogP contribution in [0, 0.1) is 5.92 Å². The molecule has 0 amide bonds. The number of piperidine rings is 1. The van der Waals surface area contributed by atoms with E-state index >= 15 is 0 Å². The molecular formula is C30H36ClNO4. The van der Waals surface area contributed by atoms with Crippen LogP contribution in [0.4, 0.5) is 0 Å². The number of carbonyl (C=O) groups is 1. The quantitative estimate of drug-likeness (QED) is 0.473. The highest BCUT2D eigenvalue weighted by molar-refractivity contribution is 5.90. The number of benzene rings is 2. The number of hydrogen-bond acceptors (Lipinski definition) is 5. The molecule has 2 bridgehead atoms. The Morgan fingerprint density at radius 3 is 2.72 bits per heavy atom. The summed E-state index contributed by atoms with van der Waals surface area (Å²) < 4.78 is 19.4. The SMILES string of the molecule is COc1ccc2c3c1O[C@H]1C(=O)CC[C@@]4(OCCCc5ccccc5)[C@@H](C2)N(CC2CC2)CC[C@]314.Cl. The molecule has 2 heterocycles. The smallest absolute Gasteiger partial charge is 0.174 e. The minimum absolute atomic E-state index is 0. The number of aryl methyl sites for hydroxylation is 1. The maximum atomic E-state index is 13.4. The number of ketones is 1. The van der Waals surface area contributed by atoms with Crippen molar-refractivity contribution < 1.29 is 19.0 Å². The molecule has 3 fully saturated rings. The van der Waals surface area contributed by atoms with Crippen LogP contribution < -0.4 is 9.47 Å². The summed E-state index contributed by atoms with van der Waals surface area (Å²) >= 11 is 0. The third-order valence-corrected chi connectivity index (χ3v) is 9.54. The Morgan fingerprint density at radius 2 is 1.94 bits per heavy atom. The Morgan fingerprint density at radius 1 is 1.11 bits per heavy atom. The topological polar surface area (TPSA) is 48.0 Å². The van der Waals surface area contributed by atoms with Crippen molar-refractivity contribution in [3.63, 3.8) is 0 Å².